The molecule has 0 aromatic heterocycles. The van der Waals surface area contributed by atoms with E-state index in [1.54, 1.807) is 11.8 Å². The van der Waals surface area contributed by atoms with Gasteiger partial charge in [0.2, 0.25) is 5.91 Å². The van der Waals surface area contributed by atoms with Crippen LogP contribution in [0.2, 0.25) is 0 Å². The smallest absolute Gasteiger partial charge is 0.235 e. The Bertz CT molecular complexity index is 323. The fourth-order valence-corrected chi connectivity index (χ4v) is 3.84. The second-order valence-electron chi connectivity index (χ2n) is 6.31. The number of piperazine rings is 1. The second-order valence-corrected chi connectivity index (χ2v) is 7.49. The summed E-state index contributed by atoms with van der Waals surface area (Å²) in [7, 11) is 0. The molecule has 2 aliphatic heterocycles. The second kappa shape index (κ2) is 8.39. The van der Waals surface area contributed by atoms with Crippen molar-refractivity contribution in [3.05, 3.63) is 0 Å². The predicted molar refractivity (Wildman–Crippen MR) is 90.9 cm³/mol. The Morgan fingerprint density at radius 3 is 2.29 bits per heavy atom. The first-order chi connectivity index (χ1) is 10.2. The zero-order valence-electron chi connectivity index (χ0n) is 13.9. The maximum absolute atomic E-state index is 12.2. The molecule has 2 saturated heterocycles. The Labute approximate surface area is 134 Å². The van der Waals surface area contributed by atoms with Crippen molar-refractivity contribution in [3.63, 3.8) is 0 Å². The molecule has 122 valence electrons. The predicted octanol–water partition coefficient (Wildman–Crippen LogP) is 1.76. The van der Waals surface area contributed by atoms with Crippen molar-refractivity contribution in [1.29, 1.82) is 0 Å². The van der Waals surface area contributed by atoms with Gasteiger partial charge in [-0.05, 0) is 52.1 Å². The van der Waals surface area contributed by atoms with E-state index in [1.807, 2.05) is 13.2 Å². The van der Waals surface area contributed by atoms with E-state index in [9.17, 15) is 4.79 Å². The van der Waals surface area contributed by atoms with Gasteiger partial charge in [-0.1, -0.05) is 6.92 Å². The van der Waals surface area contributed by atoms with Crippen LogP contribution < -0.4 is 0 Å². The topological polar surface area (TPSA) is 26.8 Å². The Morgan fingerprint density at radius 2 is 1.76 bits per heavy atom. The minimum absolute atomic E-state index is 0.105. The highest BCUT2D eigenvalue weighted by Crippen LogP contribution is 2.19. The molecule has 0 saturated carbocycles. The molecule has 0 bridgehead atoms. The van der Waals surface area contributed by atoms with E-state index >= 15 is 0 Å². The van der Waals surface area contributed by atoms with E-state index < -0.39 is 0 Å². The molecule has 0 unspecified atom stereocenters. The van der Waals surface area contributed by atoms with Crippen LogP contribution in [-0.4, -0.2) is 84.0 Å². The lowest BCUT2D eigenvalue weighted by Crippen LogP contribution is -2.55. The first kappa shape index (κ1) is 17.1. The number of carbonyl (C=O) groups excluding carboxylic acids is 1. The lowest BCUT2D eigenvalue weighted by atomic mass is 10.0. The molecule has 0 spiro atoms. The molecular weight excluding hydrogens is 282 g/mol. The van der Waals surface area contributed by atoms with Gasteiger partial charge in [0.15, 0.2) is 0 Å². The molecule has 0 aromatic carbocycles. The highest BCUT2D eigenvalue weighted by Gasteiger charge is 2.29. The zero-order chi connectivity index (χ0) is 15.2. The summed E-state index contributed by atoms with van der Waals surface area (Å²) >= 11 is 1.65. The van der Waals surface area contributed by atoms with Crippen molar-refractivity contribution in [1.82, 2.24) is 14.7 Å². The molecule has 0 aromatic rings. The van der Waals surface area contributed by atoms with E-state index in [4.69, 9.17) is 0 Å². The number of hydrogen-bond acceptors (Lipinski definition) is 4. The Kier molecular flexibility index (Phi) is 6.83. The van der Waals surface area contributed by atoms with Crippen LogP contribution >= 0.6 is 11.8 Å². The lowest BCUT2D eigenvalue weighted by molar-refractivity contribution is -0.132. The van der Waals surface area contributed by atoms with Gasteiger partial charge < -0.3 is 9.80 Å². The van der Waals surface area contributed by atoms with E-state index in [0.29, 0.717) is 5.91 Å². The highest BCUT2D eigenvalue weighted by atomic mass is 32.2. The van der Waals surface area contributed by atoms with Gasteiger partial charge in [0.1, 0.15) is 0 Å². The molecule has 5 heteroatoms. The molecule has 0 radical (unpaired) electrons. The van der Waals surface area contributed by atoms with Crippen LogP contribution in [0.15, 0.2) is 0 Å². The normalized spacial score (nSPS) is 24.2. The summed E-state index contributed by atoms with van der Waals surface area (Å²) in [6.07, 6.45) is 5.88. The first-order valence-electron chi connectivity index (χ1n) is 8.43. The minimum atomic E-state index is 0.105. The van der Waals surface area contributed by atoms with Crippen molar-refractivity contribution in [2.24, 2.45) is 0 Å². The average molecular weight is 314 g/mol. The monoisotopic (exact) mass is 313 g/mol. The van der Waals surface area contributed by atoms with Crippen LogP contribution in [-0.2, 0) is 4.79 Å². The quantitative estimate of drug-likeness (QED) is 0.773. The van der Waals surface area contributed by atoms with Crippen molar-refractivity contribution < 1.29 is 4.79 Å². The SMILES string of the molecule is CCCN1CCC(N2CCN(C(=O)[C@@H](C)SC)CC2)CC1. The van der Waals surface area contributed by atoms with E-state index in [1.165, 1.54) is 38.9 Å². The first-order valence-corrected chi connectivity index (χ1v) is 9.72. The number of nitrogens with zero attached hydrogens (tertiary/aromatic N) is 3. The van der Waals surface area contributed by atoms with Crippen LogP contribution in [0.1, 0.15) is 33.1 Å². The summed E-state index contributed by atoms with van der Waals surface area (Å²) in [5, 5.41) is 0.105. The summed E-state index contributed by atoms with van der Waals surface area (Å²) in [6.45, 7) is 12.0. The third kappa shape index (κ3) is 4.60. The fraction of sp³-hybridized carbons (Fsp3) is 0.938. The van der Waals surface area contributed by atoms with Crippen LogP contribution in [0.5, 0.6) is 0 Å². The molecule has 1 amide bonds. The number of amides is 1. The molecule has 4 nitrogen and oxygen atoms in total. The third-order valence-electron chi connectivity index (χ3n) is 4.94. The maximum Gasteiger partial charge on any atom is 0.235 e. The number of piperidine rings is 1. The van der Waals surface area contributed by atoms with Gasteiger partial charge in [-0.25, -0.2) is 0 Å². The summed E-state index contributed by atoms with van der Waals surface area (Å²) in [4.78, 5) is 19.5. The molecule has 2 rings (SSSR count). The number of thioether (sulfide) groups is 1. The number of carbonyl (C=O) groups is 1. The molecule has 1 atom stereocenters. The summed E-state index contributed by atoms with van der Waals surface area (Å²) in [5.74, 6) is 0.319. The van der Waals surface area contributed by atoms with E-state index in [2.05, 4.69) is 21.6 Å². The van der Waals surface area contributed by atoms with Crippen molar-refractivity contribution in [2.75, 3.05) is 52.1 Å². The zero-order valence-corrected chi connectivity index (χ0v) is 14.7. The fourth-order valence-electron chi connectivity index (χ4n) is 3.49. The molecule has 0 N–H and O–H groups in total. The van der Waals surface area contributed by atoms with Crippen molar-refractivity contribution in [3.8, 4) is 0 Å². The van der Waals surface area contributed by atoms with Crippen molar-refractivity contribution >= 4 is 17.7 Å². The van der Waals surface area contributed by atoms with Gasteiger partial charge in [-0.15, -0.1) is 0 Å². The third-order valence-corrected chi connectivity index (χ3v) is 5.85. The summed E-state index contributed by atoms with van der Waals surface area (Å²) < 4.78 is 0. The lowest BCUT2D eigenvalue weighted by Gasteiger charge is -2.43. The Hall–Kier alpha value is -0.260. The Morgan fingerprint density at radius 1 is 1.14 bits per heavy atom. The van der Waals surface area contributed by atoms with Gasteiger partial charge in [0.05, 0.1) is 5.25 Å². The number of hydrogen-bond donors (Lipinski definition) is 0. The van der Waals surface area contributed by atoms with Crippen LogP contribution in [0, 0.1) is 0 Å². The average Bonchev–Trinajstić information content (AvgIpc) is 2.54. The van der Waals surface area contributed by atoms with E-state index in [0.717, 1.165) is 32.2 Å². The van der Waals surface area contributed by atoms with Gasteiger partial charge in [-0.3, -0.25) is 9.69 Å². The van der Waals surface area contributed by atoms with E-state index in [-0.39, 0.29) is 5.25 Å². The molecular formula is C16H31N3OS. The minimum Gasteiger partial charge on any atom is -0.339 e. The number of rotatable bonds is 5. The molecule has 2 fully saturated rings. The maximum atomic E-state index is 12.2. The van der Waals surface area contributed by atoms with Gasteiger partial charge in [0, 0.05) is 32.2 Å². The summed E-state index contributed by atoms with van der Waals surface area (Å²) in [5.41, 5.74) is 0. The van der Waals surface area contributed by atoms with Crippen LogP contribution in [0.4, 0.5) is 0 Å². The van der Waals surface area contributed by atoms with Gasteiger partial charge in [-0.2, -0.15) is 11.8 Å². The van der Waals surface area contributed by atoms with Crippen LogP contribution in [0.25, 0.3) is 0 Å². The number of likely N-dealkylation sites (tertiary alicyclic amines) is 1. The molecule has 2 aliphatic rings. The molecule has 2 heterocycles. The molecule has 0 aliphatic carbocycles. The van der Waals surface area contributed by atoms with Gasteiger partial charge in [0.25, 0.3) is 0 Å². The van der Waals surface area contributed by atoms with Crippen LogP contribution in [0.3, 0.4) is 0 Å². The molecule has 21 heavy (non-hydrogen) atoms. The highest BCUT2D eigenvalue weighted by molar-refractivity contribution is 7.99. The van der Waals surface area contributed by atoms with Crippen molar-refractivity contribution in [2.45, 2.75) is 44.4 Å². The van der Waals surface area contributed by atoms with Gasteiger partial charge >= 0.3 is 0 Å². The standard InChI is InChI=1S/C16H31N3OS/c1-4-7-17-8-5-15(6-9-17)18-10-12-19(13-11-18)16(20)14(2)21-3/h14-15H,4-13H2,1-3H3/t14-/m1/s1. The Balaban J connectivity index is 1.73. The largest absolute Gasteiger partial charge is 0.339 e. The summed E-state index contributed by atoms with van der Waals surface area (Å²) in [6, 6.07) is 0.744.